The van der Waals surface area contributed by atoms with Crippen molar-refractivity contribution in [1.82, 2.24) is 19.7 Å². The number of aryl methyl sites for hydroxylation is 1. The van der Waals surface area contributed by atoms with E-state index in [0.29, 0.717) is 5.15 Å². The molecule has 0 amide bonds. The Labute approximate surface area is 109 Å². The first-order chi connectivity index (χ1) is 8.68. The Morgan fingerprint density at radius 2 is 1.78 bits per heavy atom. The topological polar surface area (TPSA) is 43.6 Å². The molecule has 3 aromatic rings. The Kier molecular flexibility index (Phi) is 2.52. The van der Waals surface area contributed by atoms with Gasteiger partial charge in [-0.1, -0.05) is 35.9 Å². The van der Waals surface area contributed by atoms with E-state index in [1.807, 2.05) is 42.7 Å². The largest absolute Gasteiger partial charge is 0.285 e. The van der Waals surface area contributed by atoms with E-state index in [2.05, 4.69) is 15.2 Å². The van der Waals surface area contributed by atoms with Gasteiger partial charge in [-0.2, -0.15) is 0 Å². The van der Waals surface area contributed by atoms with Gasteiger partial charge in [0.15, 0.2) is 11.0 Å². The average molecular weight is 259 g/mol. The van der Waals surface area contributed by atoms with Crippen LogP contribution in [0.3, 0.4) is 0 Å². The fourth-order valence-electron chi connectivity index (χ4n) is 1.95. The van der Waals surface area contributed by atoms with Crippen molar-refractivity contribution in [1.29, 1.82) is 0 Å². The van der Waals surface area contributed by atoms with E-state index in [-0.39, 0.29) is 0 Å². The lowest BCUT2D eigenvalue weighted by Crippen LogP contribution is -2.02. The van der Waals surface area contributed by atoms with Crippen LogP contribution < -0.4 is 0 Å². The van der Waals surface area contributed by atoms with Gasteiger partial charge < -0.3 is 0 Å². The number of fused-ring (bicyclic) bond motifs is 1. The van der Waals surface area contributed by atoms with Crippen LogP contribution in [0, 0.1) is 13.8 Å². The molecule has 0 aliphatic heterocycles. The average Bonchev–Trinajstić information content (AvgIpc) is 2.71. The van der Waals surface area contributed by atoms with E-state index in [0.717, 1.165) is 28.0 Å². The molecule has 0 spiro atoms. The summed E-state index contributed by atoms with van der Waals surface area (Å²) in [5, 5.41) is 10.5. The van der Waals surface area contributed by atoms with Gasteiger partial charge in [0, 0.05) is 16.5 Å². The van der Waals surface area contributed by atoms with Gasteiger partial charge >= 0.3 is 0 Å². The van der Waals surface area contributed by atoms with Crippen molar-refractivity contribution in [3.05, 3.63) is 47.1 Å². The summed E-state index contributed by atoms with van der Waals surface area (Å²) in [6.07, 6.45) is 1.76. The SMILES string of the molecule is Cc1ncn(-c2nnc(Cl)c3ccccc23)c1C. The molecule has 0 fully saturated rings. The highest BCUT2D eigenvalue weighted by Crippen LogP contribution is 2.25. The molecule has 0 aliphatic rings. The molecule has 2 aromatic heterocycles. The van der Waals surface area contributed by atoms with E-state index >= 15 is 0 Å². The van der Waals surface area contributed by atoms with E-state index < -0.39 is 0 Å². The minimum absolute atomic E-state index is 0.420. The lowest BCUT2D eigenvalue weighted by molar-refractivity contribution is 0.904. The van der Waals surface area contributed by atoms with Crippen LogP contribution in [0.25, 0.3) is 16.6 Å². The van der Waals surface area contributed by atoms with Crippen molar-refractivity contribution in [3.8, 4) is 5.82 Å². The summed E-state index contributed by atoms with van der Waals surface area (Å²) < 4.78 is 1.93. The highest BCUT2D eigenvalue weighted by Gasteiger charge is 2.11. The first kappa shape index (κ1) is 11.2. The van der Waals surface area contributed by atoms with Crippen LogP contribution in [0.5, 0.6) is 0 Å². The molecule has 0 saturated carbocycles. The molecular formula is C13H11ClN4. The van der Waals surface area contributed by atoms with Crippen LogP contribution in [0.2, 0.25) is 5.15 Å². The van der Waals surface area contributed by atoms with Gasteiger partial charge in [0.25, 0.3) is 0 Å². The van der Waals surface area contributed by atoms with E-state index in [1.165, 1.54) is 0 Å². The van der Waals surface area contributed by atoms with Crippen LogP contribution in [0.1, 0.15) is 11.4 Å². The van der Waals surface area contributed by atoms with Crippen LogP contribution in [0.15, 0.2) is 30.6 Å². The number of benzene rings is 1. The maximum atomic E-state index is 6.06. The molecule has 0 N–H and O–H groups in total. The normalized spacial score (nSPS) is 11.1. The van der Waals surface area contributed by atoms with Gasteiger partial charge in [0.1, 0.15) is 6.33 Å². The minimum atomic E-state index is 0.420. The molecule has 0 atom stereocenters. The lowest BCUT2D eigenvalue weighted by Gasteiger charge is -2.08. The molecule has 0 bridgehead atoms. The number of aromatic nitrogens is 4. The number of imidazole rings is 1. The summed E-state index contributed by atoms with van der Waals surface area (Å²) in [6.45, 7) is 3.98. The number of hydrogen-bond acceptors (Lipinski definition) is 3. The van der Waals surface area contributed by atoms with Crippen molar-refractivity contribution in [2.24, 2.45) is 0 Å². The molecule has 2 heterocycles. The second-order valence-electron chi connectivity index (χ2n) is 4.15. The zero-order chi connectivity index (χ0) is 12.7. The summed E-state index contributed by atoms with van der Waals surface area (Å²) in [7, 11) is 0. The standard InChI is InChI=1S/C13H11ClN4/c1-8-9(2)18(7-15-8)13-11-6-4-3-5-10(11)12(14)16-17-13/h3-7H,1-2H3. The molecule has 0 saturated heterocycles. The summed E-state index contributed by atoms with van der Waals surface area (Å²) in [6, 6.07) is 7.82. The monoisotopic (exact) mass is 258 g/mol. The zero-order valence-electron chi connectivity index (χ0n) is 10.1. The molecule has 0 radical (unpaired) electrons. The van der Waals surface area contributed by atoms with Gasteiger partial charge in [0.2, 0.25) is 0 Å². The molecule has 0 unspecified atom stereocenters. The second-order valence-corrected chi connectivity index (χ2v) is 4.50. The second kappa shape index (κ2) is 4.07. The predicted octanol–water partition coefficient (Wildman–Crippen LogP) is 3.09. The molecule has 3 rings (SSSR count). The summed E-state index contributed by atoms with van der Waals surface area (Å²) in [5.41, 5.74) is 2.03. The fraction of sp³-hybridized carbons (Fsp3) is 0.154. The van der Waals surface area contributed by atoms with Crippen LogP contribution in [0.4, 0.5) is 0 Å². The van der Waals surface area contributed by atoms with Crippen molar-refractivity contribution in [2.75, 3.05) is 0 Å². The number of hydrogen-bond donors (Lipinski definition) is 0. The van der Waals surface area contributed by atoms with Crippen molar-refractivity contribution in [2.45, 2.75) is 13.8 Å². The van der Waals surface area contributed by atoms with Crippen LogP contribution >= 0.6 is 11.6 Å². The molecule has 1 aromatic carbocycles. The molecule has 4 nitrogen and oxygen atoms in total. The predicted molar refractivity (Wildman–Crippen MR) is 71.1 cm³/mol. The zero-order valence-corrected chi connectivity index (χ0v) is 10.8. The third kappa shape index (κ3) is 1.57. The molecular weight excluding hydrogens is 248 g/mol. The van der Waals surface area contributed by atoms with Crippen LogP contribution in [-0.4, -0.2) is 19.7 Å². The van der Waals surface area contributed by atoms with Gasteiger partial charge in [-0.3, -0.25) is 4.57 Å². The third-order valence-electron chi connectivity index (χ3n) is 3.10. The summed E-state index contributed by atoms with van der Waals surface area (Å²) in [4.78, 5) is 4.28. The third-order valence-corrected chi connectivity index (χ3v) is 3.38. The van der Waals surface area contributed by atoms with Crippen molar-refractivity contribution < 1.29 is 0 Å². The maximum absolute atomic E-state index is 6.06. The smallest absolute Gasteiger partial charge is 0.168 e. The Balaban J connectivity index is 2.37. The molecule has 90 valence electrons. The molecule has 18 heavy (non-hydrogen) atoms. The Morgan fingerprint density at radius 3 is 2.44 bits per heavy atom. The van der Waals surface area contributed by atoms with Crippen molar-refractivity contribution in [3.63, 3.8) is 0 Å². The Hall–Kier alpha value is -1.94. The van der Waals surface area contributed by atoms with Crippen molar-refractivity contribution >= 4 is 22.4 Å². The lowest BCUT2D eigenvalue weighted by atomic mass is 10.2. The number of nitrogens with zero attached hydrogens (tertiary/aromatic N) is 4. The quantitative estimate of drug-likeness (QED) is 0.674. The van der Waals surface area contributed by atoms with Crippen LogP contribution in [-0.2, 0) is 0 Å². The van der Waals surface area contributed by atoms with Gasteiger partial charge in [-0.25, -0.2) is 4.98 Å². The summed E-state index contributed by atoms with van der Waals surface area (Å²) in [5.74, 6) is 0.758. The van der Waals surface area contributed by atoms with Gasteiger partial charge in [-0.15, -0.1) is 10.2 Å². The molecule has 0 aliphatic carbocycles. The van der Waals surface area contributed by atoms with E-state index in [1.54, 1.807) is 6.33 Å². The highest BCUT2D eigenvalue weighted by atomic mass is 35.5. The van der Waals surface area contributed by atoms with Gasteiger partial charge in [-0.05, 0) is 13.8 Å². The first-order valence-electron chi connectivity index (χ1n) is 5.60. The highest BCUT2D eigenvalue weighted by molar-refractivity contribution is 6.34. The van der Waals surface area contributed by atoms with E-state index in [4.69, 9.17) is 11.6 Å². The first-order valence-corrected chi connectivity index (χ1v) is 5.98. The summed E-state index contributed by atoms with van der Waals surface area (Å²) >= 11 is 6.06. The Morgan fingerprint density at radius 1 is 1.06 bits per heavy atom. The number of halogens is 1. The maximum Gasteiger partial charge on any atom is 0.168 e. The number of rotatable bonds is 1. The molecule has 5 heteroatoms. The van der Waals surface area contributed by atoms with E-state index in [9.17, 15) is 0 Å². The fourth-order valence-corrected chi connectivity index (χ4v) is 2.15. The van der Waals surface area contributed by atoms with Gasteiger partial charge in [0.05, 0.1) is 5.69 Å². The Bertz CT molecular complexity index is 733. The minimum Gasteiger partial charge on any atom is -0.285 e.